The lowest BCUT2D eigenvalue weighted by Crippen LogP contribution is -2.13. The van der Waals surface area contributed by atoms with Crippen LogP contribution >= 0.6 is 0 Å². The van der Waals surface area contributed by atoms with Gasteiger partial charge in [0.2, 0.25) is 12.7 Å². The molecule has 0 aliphatic carbocycles. The number of carbonyl (C=O) groups is 2. The molecule has 1 aliphatic heterocycles. The Morgan fingerprint density at radius 2 is 1.90 bits per heavy atom. The molecule has 0 bridgehead atoms. The molecule has 1 amide bonds. The Kier molecular flexibility index (Phi) is 4.61. The van der Waals surface area contributed by atoms with Gasteiger partial charge in [-0.05, 0) is 19.4 Å². The predicted octanol–water partition coefficient (Wildman–Crippen LogP) is 3.14. The number of hydrogen-bond donors (Lipinski definition) is 1. The highest BCUT2D eigenvalue weighted by Gasteiger charge is 2.20. The summed E-state index contributed by atoms with van der Waals surface area (Å²) >= 11 is 0. The Morgan fingerprint density at radius 3 is 2.55 bits per heavy atom. The lowest BCUT2D eigenvalue weighted by atomic mass is 10.1. The maximum atomic E-state index is 11.9. The van der Waals surface area contributed by atoms with E-state index in [-0.39, 0.29) is 18.5 Å². The molecule has 0 aromatic heterocycles. The van der Waals surface area contributed by atoms with Crippen molar-refractivity contribution in [3.8, 4) is 11.5 Å². The molecule has 108 valence electrons. The Bertz CT molecular complexity index is 525. The van der Waals surface area contributed by atoms with Crippen molar-refractivity contribution in [2.75, 3.05) is 12.1 Å². The number of amides is 1. The number of hydrogen-bond acceptors (Lipinski definition) is 4. The molecule has 1 N–H and O–H groups in total. The van der Waals surface area contributed by atoms with Gasteiger partial charge in [-0.3, -0.25) is 9.59 Å². The molecular formula is C15H19NO4. The highest BCUT2D eigenvalue weighted by atomic mass is 16.7. The molecule has 2 rings (SSSR count). The van der Waals surface area contributed by atoms with E-state index in [1.54, 1.807) is 12.1 Å². The number of rotatable bonds is 6. The molecule has 1 aromatic carbocycles. The standard InChI is InChI=1S/C15H19NO4/c1-3-4-5-6-15(18)16-12-8-14-13(19-9-20-14)7-11(12)10(2)17/h7-8H,3-6,9H2,1-2H3,(H,16,18). The molecule has 1 aromatic rings. The second-order valence-electron chi connectivity index (χ2n) is 4.81. The van der Waals surface area contributed by atoms with Crippen LogP contribution in [0, 0.1) is 0 Å². The molecule has 0 saturated carbocycles. The number of ketones is 1. The molecular weight excluding hydrogens is 258 g/mol. The fraction of sp³-hybridized carbons (Fsp3) is 0.467. The number of fused-ring (bicyclic) bond motifs is 1. The predicted molar refractivity (Wildman–Crippen MR) is 75.3 cm³/mol. The lowest BCUT2D eigenvalue weighted by Gasteiger charge is -2.10. The summed E-state index contributed by atoms with van der Waals surface area (Å²) < 4.78 is 10.5. The molecule has 5 heteroatoms. The van der Waals surface area contributed by atoms with Gasteiger partial charge in [-0.2, -0.15) is 0 Å². The average molecular weight is 277 g/mol. The highest BCUT2D eigenvalue weighted by Crippen LogP contribution is 2.37. The van der Waals surface area contributed by atoms with Gasteiger partial charge >= 0.3 is 0 Å². The van der Waals surface area contributed by atoms with Crippen molar-refractivity contribution < 1.29 is 19.1 Å². The van der Waals surface area contributed by atoms with Gasteiger partial charge in [-0.25, -0.2) is 0 Å². The SMILES string of the molecule is CCCCCC(=O)Nc1cc2c(cc1C(C)=O)OCO2. The van der Waals surface area contributed by atoms with Crippen molar-refractivity contribution in [3.05, 3.63) is 17.7 Å². The fourth-order valence-corrected chi connectivity index (χ4v) is 2.08. The van der Waals surface area contributed by atoms with Crippen molar-refractivity contribution in [2.45, 2.75) is 39.5 Å². The third-order valence-corrected chi connectivity index (χ3v) is 3.17. The summed E-state index contributed by atoms with van der Waals surface area (Å²) in [4.78, 5) is 23.5. The number of benzene rings is 1. The summed E-state index contributed by atoms with van der Waals surface area (Å²) in [5.41, 5.74) is 0.932. The maximum Gasteiger partial charge on any atom is 0.231 e. The quantitative estimate of drug-likeness (QED) is 0.641. The maximum absolute atomic E-state index is 11.9. The van der Waals surface area contributed by atoms with Gasteiger partial charge in [0.25, 0.3) is 0 Å². The van der Waals surface area contributed by atoms with E-state index in [9.17, 15) is 9.59 Å². The van der Waals surface area contributed by atoms with E-state index in [0.717, 1.165) is 19.3 Å². The molecule has 0 saturated heterocycles. The second-order valence-corrected chi connectivity index (χ2v) is 4.81. The van der Waals surface area contributed by atoms with Crippen LogP contribution in [0.15, 0.2) is 12.1 Å². The van der Waals surface area contributed by atoms with Crippen molar-refractivity contribution in [1.82, 2.24) is 0 Å². The first-order valence-electron chi connectivity index (χ1n) is 6.86. The summed E-state index contributed by atoms with van der Waals surface area (Å²) in [6.45, 7) is 3.69. The number of unbranched alkanes of at least 4 members (excludes halogenated alkanes) is 2. The van der Waals surface area contributed by atoms with E-state index in [2.05, 4.69) is 12.2 Å². The topological polar surface area (TPSA) is 64.6 Å². The van der Waals surface area contributed by atoms with Gasteiger partial charge < -0.3 is 14.8 Å². The number of anilines is 1. The Labute approximate surface area is 118 Å². The van der Waals surface area contributed by atoms with Crippen molar-refractivity contribution >= 4 is 17.4 Å². The minimum absolute atomic E-state index is 0.0835. The van der Waals surface area contributed by atoms with Crippen molar-refractivity contribution in [1.29, 1.82) is 0 Å². The zero-order valence-corrected chi connectivity index (χ0v) is 11.8. The van der Waals surface area contributed by atoms with Crippen LogP contribution in [-0.4, -0.2) is 18.5 Å². The normalized spacial score (nSPS) is 12.3. The van der Waals surface area contributed by atoms with Crippen molar-refractivity contribution in [2.24, 2.45) is 0 Å². The van der Waals surface area contributed by atoms with E-state index in [1.807, 2.05) is 0 Å². The van der Waals surface area contributed by atoms with Crippen LogP contribution in [0.5, 0.6) is 11.5 Å². The van der Waals surface area contributed by atoms with E-state index in [0.29, 0.717) is 29.2 Å². The van der Waals surface area contributed by atoms with Crippen molar-refractivity contribution in [3.63, 3.8) is 0 Å². The number of ether oxygens (including phenoxy) is 2. The van der Waals surface area contributed by atoms with E-state index >= 15 is 0 Å². The summed E-state index contributed by atoms with van der Waals surface area (Å²) in [5, 5.41) is 2.79. The van der Waals surface area contributed by atoms with Gasteiger partial charge in [-0.1, -0.05) is 19.8 Å². The molecule has 0 unspecified atom stereocenters. The molecule has 0 radical (unpaired) electrons. The van der Waals surface area contributed by atoms with Crippen LogP contribution in [-0.2, 0) is 4.79 Å². The number of nitrogens with one attached hydrogen (secondary N) is 1. The lowest BCUT2D eigenvalue weighted by molar-refractivity contribution is -0.116. The fourth-order valence-electron chi connectivity index (χ4n) is 2.08. The minimum Gasteiger partial charge on any atom is -0.454 e. The van der Waals surface area contributed by atoms with Gasteiger partial charge in [-0.15, -0.1) is 0 Å². The number of Topliss-reactive ketones (excluding diaryl/α,β-unsaturated/α-hetero) is 1. The Morgan fingerprint density at radius 1 is 1.20 bits per heavy atom. The van der Waals surface area contributed by atoms with Crippen LogP contribution in [0.3, 0.4) is 0 Å². The van der Waals surface area contributed by atoms with Gasteiger partial charge in [0, 0.05) is 18.1 Å². The van der Waals surface area contributed by atoms with Gasteiger partial charge in [0.15, 0.2) is 17.3 Å². The summed E-state index contributed by atoms with van der Waals surface area (Å²) in [7, 11) is 0. The second kappa shape index (κ2) is 6.41. The molecule has 1 heterocycles. The first-order valence-corrected chi connectivity index (χ1v) is 6.86. The summed E-state index contributed by atoms with van der Waals surface area (Å²) in [5.74, 6) is 0.894. The summed E-state index contributed by atoms with van der Waals surface area (Å²) in [6, 6.07) is 3.27. The largest absolute Gasteiger partial charge is 0.454 e. The van der Waals surface area contributed by atoms with E-state index in [1.165, 1.54) is 6.92 Å². The zero-order valence-electron chi connectivity index (χ0n) is 11.8. The third-order valence-electron chi connectivity index (χ3n) is 3.17. The monoisotopic (exact) mass is 277 g/mol. The zero-order chi connectivity index (χ0) is 14.5. The smallest absolute Gasteiger partial charge is 0.231 e. The van der Waals surface area contributed by atoms with Gasteiger partial charge in [0.05, 0.1) is 5.69 Å². The molecule has 1 aliphatic rings. The molecule has 0 spiro atoms. The van der Waals surface area contributed by atoms with E-state index < -0.39 is 0 Å². The van der Waals surface area contributed by atoms with Gasteiger partial charge in [0.1, 0.15) is 0 Å². The van der Waals surface area contributed by atoms with Crippen LogP contribution < -0.4 is 14.8 Å². The minimum atomic E-state index is -0.118. The Balaban J connectivity index is 2.13. The highest BCUT2D eigenvalue weighted by molar-refractivity contribution is 6.04. The first kappa shape index (κ1) is 14.4. The average Bonchev–Trinajstić information content (AvgIpc) is 2.85. The van der Waals surface area contributed by atoms with Crippen LogP contribution in [0.4, 0.5) is 5.69 Å². The molecule has 0 atom stereocenters. The molecule has 5 nitrogen and oxygen atoms in total. The Hall–Kier alpha value is -2.04. The number of carbonyl (C=O) groups excluding carboxylic acids is 2. The van der Waals surface area contributed by atoms with Crippen LogP contribution in [0.2, 0.25) is 0 Å². The third kappa shape index (κ3) is 3.29. The molecule has 20 heavy (non-hydrogen) atoms. The summed E-state index contributed by atoms with van der Waals surface area (Å²) in [6.07, 6.45) is 3.39. The first-order chi connectivity index (χ1) is 9.61. The van der Waals surface area contributed by atoms with Crippen LogP contribution in [0.25, 0.3) is 0 Å². The van der Waals surface area contributed by atoms with E-state index in [4.69, 9.17) is 9.47 Å². The van der Waals surface area contributed by atoms with Crippen LogP contribution in [0.1, 0.15) is 49.9 Å². The molecule has 0 fully saturated rings.